The van der Waals surface area contributed by atoms with Crippen LogP contribution in [0, 0.1) is 5.92 Å². The summed E-state index contributed by atoms with van der Waals surface area (Å²) in [5.41, 5.74) is 2.63. The summed E-state index contributed by atoms with van der Waals surface area (Å²) >= 11 is 0. The summed E-state index contributed by atoms with van der Waals surface area (Å²) in [6, 6.07) is 21.0. The van der Waals surface area contributed by atoms with Crippen LogP contribution < -0.4 is 5.32 Å². The first-order chi connectivity index (χ1) is 10.3. The number of carbonyl (C=O) groups excluding carboxylic acids is 1. The van der Waals surface area contributed by atoms with Gasteiger partial charge in [0, 0.05) is 13.0 Å². The average molecular weight is 279 g/mol. The van der Waals surface area contributed by atoms with Gasteiger partial charge in [0.15, 0.2) is 0 Å². The van der Waals surface area contributed by atoms with Gasteiger partial charge in [0.1, 0.15) is 0 Å². The molecule has 2 heteroatoms. The fourth-order valence-electron chi connectivity index (χ4n) is 3.58. The summed E-state index contributed by atoms with van der Waals surface area (Å²) in [4.78, 5) is 12.3. The van der Waals surface area contributed by atoms with E-state index in [9.17, 15) is 4.79 Å². The Morgan fingerprint density at radius 1 is 0.905 bits per heavy atom. The lowest BCUT2D eigenvalue weighted by Gasteiger charge is -2.18. The van der Waals surface area contributed by atoms with Gasteiger partial charge in [-0.15, -0.1) is 0 Å². The van der Waals surface area contributed by atoms with Crippen LogP contribution in [0.25, 0.3) is 0 Å². The highest BCUT2D eigenvalue weighted by atomic mass is 16.1. The molecule has 3 atom stereocenters. The van der Waals surface area contributed by atoms with Gasteiger partial charge in [-0.1, -0.05) is 60.7 Å². The SMILES string of the molecule is CNC(=O)C1CC(c2ccccc2)CC1c1ccccc1. The Hall–Kier alpha value is -2.09. The first kappa shape index (κ1) is 13.9. The molecule has 21 heavy (non-hydrogen) atoms. The van der Waals surface area contributed by atoms with E-state index in [1.54, 1.807) is 7.05 Å². The van der Waals surface area contributed by atoms with E-state index in [-0.39, 0.29) is 11.8 Å². The van der Waals surface area contributed by atoms with Crippen molar-refractivity contribution in [1.29, 1.82) is 0 Å². The fraction of sp³-hybridized carbons (Fsp3) is 0.316. The Morgan fingerprint density at radius 2 is 1.48 bits per heavy atom. The highest BCUT2D eigenvalue weighted by Gasteiger charge is 2.39. The molecule has 3 unspecified atom stereocenters. The van der Waals surface area contributed by atoms with E-state index in [0.717, 1.165) is 12.8 Å². The van der Waals surface area contributed by atoms with E-state index in [1.165, 1.54) is 11.1 Å². The van der Waals surface area contributed by atoms with Gasteiger partial charge in [-0.05, 0) is 35.8 Å². The number of amides is 1. The van der Waals surface area contributed by atoms with Crippen LogP contribution in [0.2, 0.25) is 0 Å². The zero-order valence-corrected chi connectivity index (χ0v) is 12.3. The Kier molecular flexibility index (Phi) is 4.05. The number of rotatable bonds is 3. The van der Waals surface area contributed by atoms with Crippen LogP contribution in [0.5, 0.6) is 0 Å². The first-order valence-corrected chi connectivity index (χ1v) is 7.61. The van der Waals surface area contributed by atoms with Gasteiger partial charge in [0.05, 0.1) is 0 Å². The van der Waals surface area contributed by atoms with Crippen molar-refractivity contribution in [3.63, 3.8) is 0 Å². The Labute approximate surface area is 126 Å². The molecule has 3 rings (SSSR count). The van der Waals surface area contributed by atoms with Crippen molar-refractivity contribution in [3.8, 4) is 0 Å². The second-order valence-corrected chi connectivity index (χ2v) is 5.82. The molecule has 0 bridgehead atoms. The summed E-state index contributed by atoms with van der Waals surface area (Å²) in [7, 11) is 1.74. The predicted octanol–water partition coefficient (Wildman–Crippen LogP) is 3.71. The Morgan fingerprint density at radius 3 is 2.05 bits per heavy atom. The second-order valence-electron chi connectivity index (χ2n) is 5.82. The third-order valence-corrected chi connectivity index (χ3v) is 4.64. The summed E-state index contributed by atoms with van der Waals surface area (Å²) in [6.45, 7) is 0. The van der Waals surface area contributed by atoms with E-state index in [4.69, 9.17) is 0 Å². The third kappa shape index (κ3) is 2.85. The van der Waals surface area contributed by atoms with Gasteiger partial charge in [-0.25, -0.2) is 0 Å². The van der Waals surface area contributed by atoms with Crippen LogP contribution in [-0.4, -0.2) is 13.0 Å². The molecule has 1 saturated carbocycles. The molecule has 2 nitrogen and oxygen atoms in total. The first-order valence-electron chi connectivity index (χ1n) is 7.61. The lowest BCUT2D eigenvalue weighted by atomic mass is 9.88. The quantitative estimate of drug-likeness (QED) is 0.911. The summed E-state index contributed by atoms with van der Waals surface area (Å²) in [5, 5.41) is 2.84. The van der Waals surface area contributed by atoms with Crippen molar-refractivity contribution in [2.45, 2.75) is 24.7 Å². The number of hydrogen-bond donors (Lipinski definition) is 1. The number of hydrogen-bond acceptors (Lipinski definition) is 1. The van der Waals surface area contributed by atoms with Gasteiger partial charge in [0.25, 0.3) is 0 Å². The third-order valence-electron chi connectivity index (χ3n) is 4.64. The lowest BCUT2D eigenvalue weighted by Crippen LogP contribution is -2.29. The molecule has 1 amide bonds. The molecule has 0 radical (unpaired) electrons. The number of carbonyl (C=O) groups is 1. The molecule has 0 aromatic heterocycles. The van der Waals surface area contributed by atoms with Crippen molar-refractivity contribution < 1.29 is 4.79 Å². The average Bonchev–Trinajstić information content (AvgIpc) is 3.01. The van der Waals surface area contributed by atoms with E-state index < -0.39 is 0 Å². The maximum atomic E-state index is 12.3. The van der Waals surface area contributed by atoms with Crippen molar-refractivity contribution in [2.24, 2.45) is 5.92 Å². The molecule has 1 N–H and O–H groups in total. The lowest BCUT2D eigenvalue weighted by molar-refractivity contribution is -0.124. The molecule has 0 heterocycles. The smallest absolute Gasteiger partial charge is 0.223 e. The minimum Gasteiger partial charge on any atom is -0.359 e. The topological polar surface area (TPSA) is 29.1 Å². The standard InChI is InChI=1S/C19H21NO/c1-20-19(21)18-13-16(14-8-4-2-5-9-14)12-17(18)15-10-6-3-7-11-15/h2-11,16-18H,12-13H2,1H3,(H,20,21). The van der Waals surface area contributed by atoms with Crippen molar-refractivity contribution in [2.75, 3.05) is 7.05 Å². The molecule has 2 aromatic rings. The van der Waals surface area contributed by atoms with Crippen LogP contribution >= 0.6 is 0 Å². The predicted molar refractivity (Wildman–Crippen MR) is 85.2 cm³/mol. The minimum atomic E-state index is 0.0719. The summed E-state index contributed by atoms with van der Waals surface area (Å²) in [6.07, 6.45) is 1.98. The van der Waals surface area contributed by atoms with E-state index in [0.29, 0.717) is 11.8 Å². The molecular formula is C19H21NO. The van der Waals surface area contributed by atoms with Crippen molar-refractivity contribution >= 4 is 5.91 Å². The zero-order valence-electron chi connectivity index (χ0n) is 12.3. The highest BCUT2D eigenvalue weighted by Crippen LogP contribution is 2.47. The zero-order chi connectivity index (χ0) is 14.7. The monoisotopic (exact) mass is 279 g/mol. The molecule has 1 aliphatic carbocycles. The second kappa shape index (κ2) is 6.13. The molecule has 2 aromatic carbocycles. The maximum absolute atomic E-state index is 12.3. The molecule has 108 valence electrons. The van der Waals surface area contributed by atoms with Gasteiger partial charge >= 0.3 is 0 Å². The normalized spacial score (nSPS) is 24.7. The van der Waals surface area contributed by atoms with Gasteiger partial charge in [-0.3, -0.25) is 4.79 Å². The molecule has 1 fully saturated rings. The summed E-state index contributed by atoms with van der Waals surface area (Å²) < 4.78 is 0. The number of benzene rings is 2. The van der Waals surface area contributed by atoms with Crippen LogP contribution in [-0.2, 0) is 4.79 Å². The molecule has 1 aliphatic rings. The van der Waals surface area contributed by atoms with Crippen LogP contribution in [0.4, 0.5) is 0 Å². The molecule has 0 spiro atoms. The van der Waals surface area contributed by atoms with Gasteiger partial charge in [0.2, 0.25) is 5.91 Å². The van der Waals surface area contributed by atoms with E-state index in [1.807, 2.05) is 12.1 Å². The van der Waals surface area contributed by atoms with Crippen LogP contribution in [0.3, 0.4) is 0 Å². The Bertz CT molecular complexity index is 593. The Balaban J connectivity index is 1.89. The molecule has 0 saturated heterocycles. The maximum Gasteiger partial charge on any atom is 0.223 e. The van der Waals surface area contributed by atoms with Gasteiger partial charge in [-0.2, -0.15) is 0 Å². The van der Waals surface area contributed by atoms with Crippen LogP contribution in [0.1, 0.15) is 35.8 Å². The van der Waals surface area contributed by atoms with E-state index >= 15 is 0 Å². The largest absolute Gasteiger partial charge is 0.359 e. The highest BCUT2D eigenvalue weighted by molar-refractivity contribution is 5.80. The summed E-state index contributed by atoms with van der Waals surface area (Å²) in [5.74, 6) is 1.03. The van der Waals surface area contributed by atoms with E-state index in [2.05, 4.69) is 53.8 Å². The van der Waals surface area contributed by atoms with Crippen LogP contribution in [0.15, 0.2) is 60.7 Å². The fourth-order valence-corrected chi connectivity index (χ4v) is 3.58. The van der Waals surface area contributed by atoms with Crippen molar-refractivity contribution in [1.82, 2.24) is 5.32 Å². The van der Waals surface area contributed by atoms with Gasteiger partial charge < -0.3 is 5.32 Å². The molecular weight excluding hydrogens is 258 g/mol. The molecule has 0 aliphatic heterocycles. The minimum absolute atomic E-state index is 0.0719. The number of nitrogens with one attached hydrogen (secondary N) is 1. The van der Waals surface area contributed by atoms with Crippen molar-refractivity contribution in [3.05, 3.63) is 71.8 Å².